The van der Waals surface area contributed by atoms with E-state index in [1.54, 1.807) is 6.07 Å². The van der Waals surface area contributed by atoms with Crippen LogP contribution in [0.4, 0.5) is 0 Å². The average molecular weight is 257 g/mol. The molecule has 4 heteroatoms. The number of aromatic nitrogens is 2. The number of nitrogen functional groups attached to an aromatic ring is 1. The molecule has 0 spiro atoms. The molecule has 0 radical (unpaired) electrons. The maximum Gasteiger partial charge on any atom is 0.270 e. The van der Waals surface area contributed by atoms with Gasteiger partial charge in [0.2, 0.25) is 0 Å². The molecule has 1 fully saturated rings. The lowest BCUT2D eigenvalue weighted by Crippen LogP contribution is -2.32. The molecule has 100 valence electrons. The van der Waals surface area contributed by atoms with Crippen molar-refractivity contribution in [3.8, 4) is 5.69 Å². The van der Waals surface area contributed by atoms with Gasteiger partial charge in [-0.2, -0.15) is 0 Å². The van der Waals surface area contributed by atoms with Gasteiger partial charge in [0, 0.05) is 30.1 Å². The third-order valence-electron chi connectivity index (χ3n) is 4.01. The molecule has 2 heterocycles. The van der Waals surface area contributed by atoms with Crippen LogP contribution in [0.5, 0.6) is 0 Å². The van der Waals surface area contributed by atoms with E-state index in [0.717, 1.165) is 24.2 Å². The molecular formula is C15H19N3O. The lowest BCUT2D eigenvalue weighted by molar-refractivity contribution is 0.428. The Balaban J connectivity index is 2.05. The molecule has 19 heavy (non-hydrogen) atoms. The van der Waals surface area contributed by atoms with Crippen LogP contribution >= 0.6 is 0 Å². The van der Waals surface area contributed by atoms with Crippen LogP contribution in [-0.2, 0) is 0 Å². The summed E-state index contributed by atoms with van der Waals surface area (Å²) < 4.78 is 3.27. The topological polar surface area (TPSA) is 52.9 Å². The van der Waals surface area contributed by atoms with E-state index in [0.29, 0.717) is 5.92 Å². The van der Waals surface area contributed by atoms with Crippen molar-refractivity contribution in [2.45, 2.75) is 38.0 Å². The van der Waals surface area contributed by atoms with Crippen LogP contribution in [0.3, 0.4) is 0 Å². The Labute approximate surface area is 112 Å². The summed E-state index contributed by atoms with van der Waals surface area (Å²) >= 11 is 0. The van der Waals surface area contributed by atoms with Gasteiger partial charge < -0.3 is 10.4 Å². The molecule has 1 aliphatic carbocycles. The van der Waals surface area contributed by atoms with E-state index in [9.17, 15) is 4.79 Å². The molecule has 0 unspecified atom stereocenters. The minimum Gasteiger partial charge on any atom is -0.336 e. The van der Waals surface area contributed by atoms with E-state index in [2.05, 4.69) is 6.07 Å². The summed E-state index contributed by atoms with van der Waals surface area (Å²) in [6.07, 6.45) is 9.90. The van der Waals surface area contributed by atoms with Crippen molar-refractivity contribution in [1.82, 2.24) is 9.24 Å². The third-order valence-corrected chi connectivity index (χ3v) is 4.01. The highest BCUT2D eigenvalue weighted by atomic mass is 16.1. The van der Waals surface area contributed by atoms with Gasteiger partial charge in [-0.05, 0) is 31.0 Å². The Hall–Kier alpha value is -1.97. The van der Waals surface area contributed by atoms with Crippen molar-refractivity contribution in [3.63, 3.8) is 0 Å². The van der Waals surface area contributed by atoms with Gasteiger partial charge in [-0.1, -0.05) is 19.3 Å². The number of hydrogen-bond donors (Lipinski definition) is 1. The van der Waals surface area contributed by atoms with Crippen LogP contribution < -0.4 is 11.4 Å². The Morgan fingerprint density at radius 3 is 2.42 bits per heavy atom. The van der Waals surface area contributed by atoms with Crippen molar-refractivity contribution in [1.29, 1.82) is 0 Å². The number of nitrogens with zero attached hydrogens (tertiary/aromatic N) is 2. The first-order valence-corrected chi connectivity index (χ1v) is 6.91. The smallest absolute Gasteiger partial charge is 0.270 e. The van der Waals surface area contributed by atoms with Crippen LogP contribution in [0.15, 0.2) is 41.5 Å². The van der Waals surface area contributed by atoms with Crippen LogP contribution in [0.25, 0.3) is 5.69 Å². The van der Waals surface area contributed by atoms with Crippen molar-refractivity contribution >= 4 is 0 Å². The largest absolute Gasteiger partial charge is 0.336 e. The SMILES string of the molecule is Nn1c(C2CCCCC2)cc(-n2cccc2)cc1=O. The average Bonchev–Trinajstić information content (AvgIpc) is 2.97. The highest BCUT2D eigenvalue weighted by Gasteiger charge is 2.19. The molecule has 0 bridgehead atoms. The molecule has 2 aromatic rings. The molecule has 1 saturated carbocycles. The molecule has 2 aromatic heterocycles. The van der Waals surface area contributed by atoms with E-state index in [1.165, 1.54) is 23.9 Å². The lowest BCUT2D eigenvalue weighted by atomic mass is 9.86. The Bertz CT molecular complexity index is 607. The fourth-order valence-electron chi connectivity index (χ4n) is 2.95. The zero-order valence-corrected chi connectivity index (χ0v) is 11.0. The molecule has 4 nitrogen and oxygen atoms in total. The maximum absolute atomic E-state index is 12.0. The van der Waals surface area contributed by atoms with E-state index in [-0.39, 0.29) is 5.56 Å². The quantitative estimate of drug-likeness (QED) is 0.840. The molecule has 0 aromatic carbocycles. The highest BCUT2D eigenvalue weighted by Crippen LogP contribution is 2.32. The predicted octanol–water partition coefficient (Wildman–Crippen LogP) is 2.40. The van der Waals surface area contributed by atoms with E-state index >= 15 is 0 Å². The van der Waals surface area contributed by atoms with Crippen LogP contribution in [0.1, 0.15) is 43.7 Å². The molecule has 0 amide bonds. The number of hydrogen-bond acceptors (Lipinski definition) is 2. The standard InChI is InChI=1S/C15H19N3O/c16-18-14(12-6-2-1-3-7-12)10-13(11-15(18)19)17-8-4-5-9-17/h4-5,8-12H,1-3,6-7,16H2. The summed E-state index contributed by atoms with van der Waals surface area (Å²) in [5, 5.41) is 0. The van der Waals surface area contributed by atoms with Crippen molar-refractivity contribution in [2.24, 2.45) is 0 Å². The molecule has 0 atom stereocenters. The van der Waals surface area contributed by atoms with E-state index in [1.807, 2.05) is 29.1 Å². The van der Waals surface area contributed by atoms with Crippen molar-refractivity contribution in [2.75, 3.05) is 5.84 Å². The second-order valence-corrected chi connectivity index (χ2v) is 5.27. The monoisotopic (exact) mass is 257 g/mol. The van der Waals surface area contributed by atoms with Gasteiger partial charge in [-0.3, -0.25) is 4.79 Å². The zero-order valence-electron chi connectivity index (χ0n) is 11.0. The van der Waals surface area contributed by atoms with Gasteiger partial charge in [-0.25, -0.2) is 4.68 Å². The Morgan fingerprint density at radius 1 is 1.05 bits per heavy atom. The first-order chi connectivity index (χ1) is 9.25. The summed E-state index contributed by atoms with van der Waals surface area (Å²) in [6.45, 7) is 0. The summed E-state index contributed by atoms with van der Waals surface area (Å²) in [7, 11) is 0. The summed E-state index contributed by atoms with van der Waals surface area (Å²) in [5.74, 6) is 6.35. The molecular weight excluding hydrogens is 238 g/mol. The zero-order chi connectivity index (χ0) is 13.2. The van der Waals surface area contributed by atoms with Gasteiger partial charge in [0.1, 0.15) is 0 Å². The lowest BCUT2D eigenvalue weighted by Gasteiger charge is -2.24. The molecule has 3 rings (SSSR count). The number of nitrogens with two attached hydrogens (primary N) is 1. The van der Waals surface area contributed by atoms with Gasteiger partial charge in [0.15, 0.2) is 0 Å². The first kappa shape index (κ1) is 12.1. The number of pyridine rings is 1. The third kappa shape index (κ3) is 2.30. The van der Waals surface area contributed by atoms with Gasteiger partial charge >= 0.3 is 0 Å². The summed E-state index contributed by atoms with van der Waals surface area (Å²) in [5.41, 5.74) is 1.74. The number of rotatable bonds is 2. The summed E-state index contributed by atoms with van der Waals surface area (Å²) in [4.78, 5) is 12.0. The van der Waals surface area contributed by atoms with Crippen LogP contribution in [0, 0.1) is 0 Å². The normalized spacial score (nSPS) is 16.6. The Morgan fingerprint density at radius 2 is 1.74 bits per heavy atom. The van der Waals surface area contributed by atoms with Gasteiger partial charge in [0.25, 0.3) is 5.56 Å². The van der Waals surface area contributed by atoms with Crippen molar-refractivity contribution in [3.05, 3.63) is 52.7 Å². The van der Waals surface area contributed by atoms with Crippen LogP contribution in [-0.4, -0.2) is 9.24 Å². The first-order valence-electron chi connectivity index (χ1n) is 6.91. The minimum atomic E-state index is -0.133. The maximum atomic E-state index is 12.0. The molecule has 0 aliphatic heterocycles. The summed E-state index contributed by atoms with van der Waals surface area (Å²) in [6, 6.07) is 7.55. The molecule has 2 N–H and O–H groups in total. The molecule has 1 aliphatic rings. The fourth-order valence-corrected chi connectivity index (χ4v) is 2.95. The predicted molar refractivity (Wildman–Crippen MR) is 76.0 cm³/mol. The second kappa shape index (κ2) is 4.96. The van der Waals surface area contributed by atoms with Gasteiger partial charge in [0.05, 0.1) is 5.69 Å². The molecule has 0 saturated heterocycles. The van der Waals surface area contributed by atoms with E-state index in [4.69, 9.17) is 5.84 Å². The highest BCUT2D eigenvalue weighted by molar-refractivity contribution is 5.35. The second-order valence-electron chi connectivity index (χ2n) is 5.27. The Kier molecular flexibility index (Phi) is 3.15. The van der Waals surface area contributed by atoms with Crippen LogP contribution in [0.2, 0.25) is 0 Å². The van der Waals surface area contributed by atoms with E-state index < -0.39 is 0 Å². The van der Waals surface area contributed by atoms with Gasteiger partial charge in [-0.15, -0.1) is 0 Å². The minimum absolute atomic E-state index is 0.133. The fraction of sp³-hybridized carbons (Fsp3) is 0.400. The van der Waals surface area contributed by atoms with Crippen molar-refractivity contribution < 1.29 is 0 Å².